The van der Waals surface area contributed by atoms with E-state index in [1.54, 1.807) is 11.3 Å². The van der Waals surface area contributed by atoms with Gasteiger partial charge >= 0.3 is 0 Å². The van der Waals surface area contributed by atoms with Gasteiger partial charge in [-0.3, -0.25) is 4.79 Å². The highest BCUT2D eigenvalue weighted by Crippen LogP contribution is 2.29. The molecule has 3 aromatic rings. The van der Waals surface area contributed by atoms with Crippen molar-refractivity contribution in [2.45, 2.75) is 40.2 Å². The number of carbonyl (C=O) groups excluding carboxylic acids is 1. The first kappa shape index (κ1) is 19.3. The topological polar surface area (TPSA) is 42.0 Å². The van der Waals surface area contributed by atoms with Crippen molar-refractivity contribution >= 4 is 17.2 Å². The Kier molecular flexibility index (Phi) is 6.40. The first-order valence-electron chi connectivity index (χ1n) is 9.50. The van der Waals surface area contributed by atoms with Gasteiger partial charge in [-0.15, -0.1) is 11.3 Å². The summed E-state index contributed by atoms with van der Waals surface area (Å²) in [7, 11) is 0. The zero-order valence-electron chi connectivity index (χ0n) is 16.2. The van der Waals surface area contributed by atoms with Crippen LogP contribution in [0, 0.1) is 12.8 Å². The SMILES string of the molecule is CCC(CC)C(=O)NCc1ccc(-c2nc(-c3ccc(C)cc3)cs2)cc1. The Bertz CT molecular complexity index is 878. The third kappa shape index (κ3) is 4.83. The highest BCUT2D eigenvalue weighted by Gasteiger charge is 2.13. The molecule has 1 aromatic heterocycles. The molecule has 2 aromatic carbocycles. The molecule has 0 saturated heterocycles. The number of hydrogen-bond acceptors (Lipinski definition) is 3. The lowest BCUT2D eigenvalue weighted by atomic mass is 10.0. The fourth-order valence-electron chi connectivity index (χ4n) is 3.02. The third-order valence-electron chi connectivity index (χ3n) is 4.88. The second-order valence-corrected chi connectivity index (χ2v) is 7.69. The molecule has 1 amide bonds. The summed E-state index contributed by atoms with van der Waals surface area (Å²) < 4.78 is 0. The van der Waals surface area contributed by atoms with Crippen LogP contribution in [0.1, 0.15) is 37.8 Å². The van der Waals surface area contributed by atoms with Crippen LogP contribution in [0.4, 0.5) is 0 Å². The summed E-state index contributed by atoms with van der Waals surface area (Å²) in [5, 5.41) is 6.15. The molecule has 0 atom stereocenters. The van der Waals surface area contributed by atoms with Crippen molar-refractivity contribution in [2.24, 2.45) is 5.92 Å². The average Bonchev–Trinajstić information content (AvgIpc) is 3.18. The maximum Gasteiger partial charge on any atom is 0.223 e. The van der Waals surface area contributed by atoms with Crippen LogP contribution >= 0.6 is 11.3 Å². The van der Waals surface area contributed by atoms with E-state index in [4.69, 9.17) is 4.98 Å². The number of amides is 1. The Labute approximate surface area is 165 Å². The predicted molar refractivity (Wildman–Crippen MR) is 114 cm³/mol. The van der Waals surface area contributed by atoms with Gasteiger partial charge in [0, 0.05) is 29.0 Å². The molecule has 1 N–H and O–H groups in total. The van der Waals surface area contributed by atoms with E-state index >= 15 is 0 Å². The van der Waals surface area contributed by atoms with Crippen molar-refractivity contribution in [1.82, 2.24) is 10.3 Å². The number of nitrogens with zero attached hydrogens (tertiary/aromatic N) is 1. The summed E-state index contributed by atoms with van der Waals surface area (Å²) in [5.41, 5.74) is 5.61. The van der Waals surface area contributed by atoms with Gasteiger partial charge in [-0.25, -0.2) is 4.98 Å². The number of benzene rings is 2. The average molecular weight is 379 g/mol. The monoisotopic (exact) mass is 378 g/mol. The van der Waals surface area contributed by atoms with Crippen LogP contribution in [0.15, 0.2) is 53.9 Å². The number of hydrogen-bond donors (Lipinski definition) is 1. The van der Waals surface area contributed by atoms with Gasteiger partial charge in [0.15, 0.2) is 0 Å². The van der Waals surface area contributed by atoms with E-state index < -0.39 is 0 Å². The van der Waals surface area contributed by atoms with E-state index in [0.717, 1.165) is 40.2 Å². The molecule has 0 radical (unpaired) electrons. The molecule has 0 aliphatic rings. The van der Waals surface area contributed by atoms with Crippen LogP contribution in [-0.2, 0) is 11.3 Å². The van der Waals surface area contributed by atoms with Crippen LogP contribution in [0.5, 0.6) is 0 Å². The molecule has 0 aliphatic carbocycles. The summed E-state index contributed by atoms with van der Waals surface area (Å²) in [6.07, 6.45) is 1.77. The molecule has 0 spiro atoms. The van der Waals surface area contributed by atoms with Gasteiger partial charge in [0.2, 0.25) is 5.91 Å². The lowest BCUT2D eigenvalue weighted by Crippen LogP contribution is -2.29. The van der Waals surface area contributed by atoms with Gasteiger partial charge < -0.3 is 5.32 Å². The minimum Gasteiger partial charge on any atom is -0.352 e. The first-order valence-corrected chi connectivity index (χ1v) is 10.4. The summed E-state index contributed by atoms with van der Waals surface area (Å²) in [6.45, 7) is 6.77. The molecule has 0 bridgehead atoms. The molecule has 0 unspecified atom stereocenters. The van der Waals surface area contributed by atoms with Crippen LogP contribution in [0.25, 0.3) is 21.8 Å². The van der Waals surface area contributed by atoms with Gasteiger partial charge in [0.05, 0.1) is 5.69 Å². The number of aromatic nitrogens is 1. The third-order valence-corrected chi connectivity index (χ3v) is 5.77. The number of carbonyl (C=O) groups is 1. The Balaban J connectivity index is 1.65. The van der Waals surface area contributed by atoms with Gasteiger partial charge in [0.1, 0.15) is 5.01 Å². The Hall–Kier alpha value is -2.46. The summed E-state index contributed by atoms with van der Waals surface area (Å²) >= 11 is 1.65. The smallest absolute Gasteiger partial charge is 0.223 e. The summed E-state index contributed by atoms with van der Waals surface area (Å²) in [6, 6.07) is 16.7. The molecule has 4 heteroatoms. The number of rotatable bonds is 7. The lowest BCUT2D eigenvalue weighted by molar-refractivity contribution is -0.125. The Morgan fingerprint density at radius 3 is 2.26 bits per heavy atom. The van der Waals surface area contributed by atoms with Crippen molar-refractivity contribution < 1.29 is 4.79 Å². The maximum absolute atomic E-state index is 12.1. The molecular formula is C23H26N2OS. The van der Waals surface area contributed by atoms with Crippen LogP contribution in [0.3, 0.4) is 0 Å². The molecule has 0 fully saturated rings. The fourth-order valence-corrected chi connectivity index (χ4v) is 3.86. The molecule has 3 rings (SSSR count). The Morgan fingerprint density at radius 1 is 1.00 bits per heavy atom. The van der Waals surface area contributed by atoms with Gasteiger partial charge in [-0.05, 0) is 25.3 Å². The minimum atomic E-state index is 0.111. The van der Waals surface area contributed by atoms with Gasteiger partial charge in [-0.2, -0.15) is 0 Å². The predicted octanol–water partition coefficient (Wildman–Crippen LogP) is 5.84. The van der Waals surface area contributed by atoms with E-state index in [1.807, 2.05) is 0 Å². The van der Waals surface area contributed by atoms with Gasteiger partial charge in [-0.1, -0.05) is 67.9 Å². The van der Waals surface area contributed by atoms with E-state index in [-0.39, 0.29) is 11.8 Å². The molecule has 140 valence electrons. The number of thiazole rings is 1. The van der Waals surface area contributed by atoms with Crippen LogP contribution < -0.4 is 5.32 Å². The van der Waals surface area contributed by atoms with Gasteiger partial charge in [0.25, 0.3) is 0 Å². The van der Waals surface area contributed by atoms with Crippen molar-refractivity contribution in [3.05, 3.63) is 65.0 Å². The molecular weight excluding hydrogens is 352 g/mol. The van der Waals surface area contributed by atoms with E-state index in [0.29, 0.717) is 6.54 Å². The van der Waals surface area contributed by atoms with E-state index in [9.17, 15) is 4.79 Å². The zero-order chi connectivity index (χ0) is 19.2. The van der Waals surface area contributed by atoms with E-state index in [1.165, 1.54) is 5.56 Å². The summed E-state index contributed by atoms with van der Waals surface area (Å²) in [5.74, 6) is 0.256. The highest BCUT2D eigenvalue weighted by atomic mass is 32.1. The van der Waals surface area contributed by atoms with Crippen LogP contribution in [0.2, 0.25) is 0 Å². The standard InChI is InChI=1S/C23H26N2OS/c1-4-18(5-2)22(26)24-14-17-8-12-20(13-9-17)23-25-21(15-27-23)19-10-6-16(3)7-11-19/h6-13,15,18H,4-5,14H2,1-3H3,(H,24,26). The molecule has 0 aliphatic heterocycles. The quantitative estimate of drug-likeness (QED) is 0.561. The van der Waals surface area contributed by atoms with Crippen molar-refractivity contribution in [1.29, 1.82) is 0 Å². The second kappa shape index (κ2) is 8.96. The fraction of sp³-hybridized carbons (Fsp3) is 0.304. The largest absolute Gasteiger partial charge is 0.352 e. The lowest BCUT2D eigenvalue weighted by Gasteiger charge is -2.12. The van der Waals surface area contributed by atoms with Crippen LogP contribution in [-0.4, -0.2) is 10.9 Å². The molecule has 0 saturated carbocycles. The Morgan fingerprint density at radius 2 is 1.63 bits per heavy atom. The van der Waals surface area contributed by atoms with Crippen molar-refractivity contribution in [3.63, 3.8) is 0 Å². The number of aryl methyl sites for hydroxylation is 1. The maximum atomic E-state index is 12.1. The highest BCUT2D eigenvalue weighted by molar-refractivity contribution is 7.13. The normalized spacial score (nSPS) is 11.0. The summed E-state index contributed by atoms with van der Waals surface area (Å²) in [4.78, 5) is 16.9. The van der Waals surface area contributed by atoms with Crippen molar-refractivity contribution in [2.75, 3.05) is 0 Å². The second-order valence-electron chi connectivity index (χ2n) is 6.83. The van der Waals surface area contributed by atoms with E-state index in [2.05, 4.69) is 80.0 Å². The first-order chi connectivity index (χ1) is 13.1. The zero-order valence-corrected chi connectivity index (χ0v) is 17.0. The molecule has 3 nitrogen and oxygen atoms in total. The number of nitrogens with one attached hydrogen (secondary N) is 1. The molecule has 27 heavy (non-hydrogen) atoms. The minimum absolute atomic E-state index is 0.111. The van der Waals surface area contributed by atoms with Crippen molar-refractivity contribution in [3.8, 4) is 21.8 Å². The molecule has 1 heterocycles.